The summed E-state index contributed by atoms with van der Waals surface area (Å²) in [6, 6.07) is 5.44. The van der Waals surface area contributed by atoms with Gasteiger partial charge in [0.05, 0.1) is 0 Å². The minimum Gasteiger partial charge on any atom is -0.340 e. The molecule has 1 atom stereocenters. The Bertz CT molecular complexity index is 504. The molecule has 1 saturated heterocycles. The van der Waals surface area contributed by atoms with Gasteiger partial charge >= 0.3 is 0 Å². The molecular weight excluding hydrogens is 261 g/mol. The molecular formula is C14H18FN3O2. The zero-order chi connectivity index (χ0) is 14.7. The van der Waals surface area contributed by atoms with Crippen LogP contribution < -0.4 is 5.43 Å². The Morgan fingerprint density at radius 1 is 1.25 bits per heavy atom. The maximum Gasteiger partial charge on any atom is 0.265 e. The molecule has 108 valence electrons. The van der Waals surface area contributed by atoms with Crippen molar-refractivity contribution in [2.45, 2.75) is 19.9 Å². The van der Waals surface area contributed by atoms with Crippen LogP contribution in [0.1, 0.15) is 24.2 Å². The van der Waals surface area contributed by atoms with E-state index in [0.29, 0.717) is 25.2 Å². The lowest BCUT2D eigenvalue weighted by atomic mass is 10.2. The van der Waals surface area contributed by atoms with E-state index in [-0.39, 0.29) is 23.7 Å². The van der Waals surface area contributed by atoms with Gasteiger partial charge in [-0.3, -0.25) is 15.0 Å². The van der Waals surface area contributed by atoms with E-state index >= 15 is 0 Å². The third kappa shape index (κ3) is 3.33. The number of amides is 2. The normalized spacial score (nSPS) is 19.8. The minimum absolute atomic E-state index is 0.0389. The Labute approximate surface area is 117 Å². The van der Waals surface area contributed by atoms with Gasteiger partial charge < -0.3 is 4.90 Å². The quantitative estimate of drug-likeness (QED) is 0.879. The molecule has 0 spiro atoms. The largest absolute Gasteiger partial charge is 0.340 e. The van der Waals surface area contributed by atoms with Gasteiger partial charge in [0.1, 0.15) is 5.82 Å². The van der Waals surface area contributed by atoms with Crippen molar-refractivity contribution in [1.29, 1.82) is 0 Å². The van der Waals surface area contributed by atoms with Crippen LogP contribution in [-0.4, -0.2) is 47.4 Å². The SMILES string of the molecule is CC(=O)N1CCN(NC(=O)c2ccc(F)cc2)[C@@H](C)C1. The Balaban J connectivity index is 1.95. The van der Waals surface area contributed by atoms with Gasteiger partial charge in [-0.2, -0.15) is 0 Å². The number of carbonyl (C=O) groups excluding carboxylic acids is 2. The summed E-state index contributed by atoms with van der Waals surface area (Å²) < 4.78 is 12.8. The first-order valence-electron chi connectivity index (χ1n) is 6.56. The van der Waals surface area contributed by atoms with Crippen molar-refractivity contribution in [2.24, 2.45) is 0 Å². The van der Waals surface area contributed by atoms with Crippen LogP contribution in [0.4, 0.5) is 4.39 Å². The Morgan fingerprint density at radius 3 is 2.45 bits per heavy atom. The topological polar surface area (TPSA) is 52.7 Å². The second-order valence-electron chi connectivity index (χ2n) is 4.96. The van der Waals surface area contributed by atoms with Crippen molar-refractivity contribution in [2.75, 3.05) is 19.6 Å². The lowest BCUT2D eigenvalue weighted by molar-refractivity contribution is -0.132. The highest BCUT2D eigenvalue weighted by Crippen LogP contribution is 2.09. The first kappa shape index (κ1) is 14.5. The number of hydrogen-bond acceptors (Lipinski definition) is 3. The molecule has 0 aliphatic carbocycles. The van der Waals surface area contributed by atoms with Crippen molar-refractivity contribution in [1.82, 2.24) is 15.3 Å². The zero-order valence-corrected chi connectivity index (χ0v) is 11.6. The summed E-state index contributed by atoms with van der Waals surface area (Å²) in [5, 5.41) is 1.81. The summed E-state index contributed by atoms with van der Waals surface area (Å²) in [5.41, 5.74) is 3.21. The summed E-state index contributed by atoms with van der Waals surface area (Å²) in [5.74, 6) is -0.598. The highest BCUT2D eigenvalue weighted by atomic mass is 19.1. The molecule has 1 fully saturated rings. The molecule has 0 radical (unpaired) electrons. The number of rotatable bonds is 2. The monoisotopic (exact) mass is 279 g/mol. The van der Waals surface area contributed by atoms with Crippen molar-refractivity contribution < 1.29 is 14.0 Å². The van der Waals surface area contributed by atoms with E-state index in [1.54, 1.807) is 11.8 Å². The maximum absolute atomic E-state index is 12.8. The second kappa shape index (κ2) is 6.00. The number of hydrazine groups is 1. The molecule has 1 N–H and O–H groups in total. The van der Waals surface area contributed by atoms with Crippen LogP contribution in [0.25, 0.3) is 0 Å². The summed E-state index contributed by atoms with van der Waals surface area (Å²) in [6.07, 6.45) is 0. The van der Waals surface area contributed by atoms with E-state index in [2.05, 4.69) is 5.43 Å². The van der Waals surface area contributed by atoms with Crippen LogP contribution in [0.2, 0.25) is 0 Å². The lowest BCUT2D eigenvalue weighted by Gasteiger charge is -2.39. The van der Waals surface area contributed by atoms with E-state index in [9.17, 15) is 14.0 Å². The van der Waals surface area contributed by atoms with Gasteiger partial charge in [0.15, 0.2) is 0 Å². The van der Waals surface area contributed by atoms with Gasteiger partial charge in [0.25, 0.3) is 5.91 Å². The number of nitrogens with zero attached hydrogens (tertiary/aromatic N) is 2. The van der Waals surface area contributed by atoms with Crippen molar-refractivity contribution >= 4 is 11.8 Å². The van der Waals surface area contributed by atoms with Crippen molar-refractivity contribution in [3.63, 3.8) is 0 Å². The number of nitrogens with one attached hydrogen (secondary N) is 1. The van der Waals surface area contributed by atoms with Crippen molar-refractivity contribution in [3.05, 3.63) is 35.6 Å². The van der Waals surface area contributed by atoms with Crippen LogP contribution in [0.3, 0.4) is 0 Å². The number of carbonyl (C=O) groups is 2. The number of piperazine rings is 1. The lowest BCUT2D eigenvalue weighted by Crippen LogP contribution is -2.59. The van der Waals surface area contributed by atoms with Gasteiger partial charge in [-0.05, 0) is 31.2 Å². The standard InChI is InChI=1S/C14H18FN3O2/c1-10-9-17(11(2)19)7-8-18(10)16-14(20)12-3-5-13(15)6-4-12/h3-6,10H,7-9H2,1-2H3,(H,16,20)/t10-/m0/s1. The van der Waals surface area contributed by atoms with Crippen molar-refractivity contribution in [3.8, 4) is 0 Å². The fourth-order valence-corrected chi connectivity index (χ4v) is 2.21. The fraction of sp³-hybridized carbons (Fsp3) is 0.429. The van der Waals surface area contributed by atoms with E-state index < -0.39 is 0 Å². The molecule has 1 heterocycles. The molecule has 0 unspecified atom stereocenters. The second-order valence-corrected chi connectivity index (χ2v) is 4.96. The number of hydrogen-bond donors (Lipinski definition) is 1. The summed E-state index contributed by atoms with van der Waals surface area (Å²) in [7, 11) is 0. The first-order chi connectivity index (χ1) is 9.47. The van der Waals surface area contributed by atoms with Gasteiger partial charge in [-0.15, -0.1) is 0 Å². The highest BCUT2D eigenvalue weighted by Gasteiger charge is 2.26. The van der Waals surface area contributed by atoms with E-state index in [0.717, 1.165) is 0 Å². The molecule has 1 aromatic rings. The molecule has 5 nitrogen and oxygen atoms in total. The van der Waals surface area contributed by atoms with Crippen LogP contribution in [0.5, 0.6) is 0 Å². The van der Waals surface area contributed by atoms with Gasteiger partial charge in [0.2, 0.25) is 5.91 Å². The predicted octanol–water partition coefficient (Wildman–Crippen LogP) is 1.02. The van der Waals surface area contributed by atoms with E-state index in [1.165, 1.54) is 24.3 Å². The summed E-state index contributed by atoms with van der Waals surface area (Å²) in [6.45, 7) is 5.23. The van der Waals surface area contributed by atoms with Crippen LogP contribution in [-0.2, 0) is 4.79 Å². The average molecular weight is 279 g/mol. The maximum atomic E-state index is 12.8. The number of halogens is 1. The summed E-state index contributed by atoms with van der Waals surface area (Å²) >= 11 is 0. The molecule has 1 aliphatic heterocycles. The van der Waals surface area contributed by atoms with E-state index in [4.69, 9.17) is 0 Å². The van der Waals surface area contributed by atoms with Crippen LogP contribution in [0.15, 0.2) is 24.3 Å². The molecule has 2 rings (SSSR count). The molecule has 1 aromatic carbocycles. The first-order valence-corrected chi connectivity index (χ1v) is 6.56. The molecule has 0 aromatic heterocycles. The van der Waals surface area contributed by atoms with Gasteiger partial charge in [-0.1, -0.05) is 0 Å². The third-order valence-electron chi connectivity index (χ3n) is 3.42. The molecule has 2 amide bonds. The van der Waals surface area contributed by atoms with E-state index in [1.807, 2.05) is 11.9 Å². The molecule has 20 heavy (non-hydrogen) atoms. The smallest absolute Gasteiger partial charge is 0.265 e. The highest BCUT2D eigenvalue weighted by molar-refractivity contribution is 5.93. The molecule has 0 bridgehead atoms. The number of benzene rings is 1. The summed E-state index contributed by atoms with van der Waals surface area (Å²) in [4.78, 5) is 25.1. The zero-order valence-electron chi connectivity index (χ0n) is 11.6. The Morgan fingerprint density at radius 2 is 1.90 bits per heavy atom. The fourth-order valence-electron chi connectivity index (χ4n) is 2.21. The average Bonchev–Trinajstić information content (AvgIpc) is 2.41. The predicted molar refractivity (Wildman–Crippen MR) is 72.3 cm³/mol. The molecule has 0 saturated carbocycles. The van der Waals surface area contributed by atoms with Gasteiger partial charge in [-0.25, -0.2) is 9.40 Å². The molecule has 1 aliphatic rings. The van der Waals surface area contributed by atoms with Gasteiger partial charge in [0, 0.05) is 38.2 Å². The van der Waals surface area contributed by atoms with Crippen LogP contribution in [0, 0.1) is 5.82 Å². The van der Waals surface area contributed by atoms with Crippen LogP contribution >= 0.6 is 0 Å². The molecule has 6 heteroatoms. The Hall–Kier alpha value is -1.95. The Kier molecular flexibility index (Phi) is 4.34. The third-order valence-corrected chi connectivity index (χ3v) is 3.42. The minimum atomic E-state index is -0.370.